The molecule has 0 radical (unpaired) electrons. The Morgan fingerprint density at radius 3 is 1.44 bits per heavy atom. The molecule has 0 spiro atoms. The zero-order chi connectivity index (χ0) is 12.6. The number of azo groups is 1. The first-order valence-corrected chi connectivity index (χ1v) is 5.11. The topological polar surface area (TPSA) is 77.3 Å². The molecular weight excluding hydrogens is 212 g/mol. The quantitative estimate of drug-likeness (QED) is 0.514. The van der Waals surface area contributed by atoms with E-state index in [0.29, 0.717) is 0 Å². The van der Waals surface area contributed by atoms with Crippen LogP contribution in [0.25, 0.3) is 0 Å². The maximum absolute atomic E-state index is 11.0. The predicted molar refractivity (Wildman–Crippen MR) is 56.5 cm³/mol. The van der Waals surface area contributed by atoms with Crippen LogP contribution in [0, 0.1) is 11.8 Å². The molecule has 0 N–H and O–H groups in total. The van der Waals surface area contributed by atoms with E-state index < -0.39 is 0 Å². The number of ether oxygens (including phenoxy) is 2. The SMILES string of the molecule is CC(C)C(=O)OC/N=N/COC(=O)C(C)C. The molecular formula is C10H18N2O4. The first-order valence-electron chi connectivity index (χ1n) is 5.11. The Kier molecular flexibility index (Phi) is 7.07. The minimum atomic E-state index is -0.335. The van der Waals surface area contributed by atoms with Gasteiger partial charge in [0.2, 0.25) is 13.5 Å². The standard InChI is InChI=1S/C10H18N2O4/c1-7(2)9(13)15-5-11-12-6-16-10(14)8(3)4/h7-8H,5-6H2,1-4H3/b12-11+. The Labute approximate surface area is 95.0 Å². The largest absolute Gasteiger partial charge is 0.440 e. The number of esters is 2. The number of rotatable bonds is 6. The van der Waals surface area contributed by atoms with Crippen LogP contribution in [-0.4, -0.2) is 25.4 Å². The van der Waals surface area contributed by atoms with E-state index in [-0.39, 0.29) is 37.2 Å². The maximum Gasteiger partial charge on any atom is 0.310 e. The lowest BCUT2D eigenvalue weighted by atomic mass is 10.2. The summed E-state index contributed by atoms with van der Waals surface area (Å²) in [6.07, 6.45) is 0. The van der Waals surface area contributed by atoms with Crippen molar-refractivity contribution < 1.29 is 19.1 Å². The molecule has 0 atom stereocenters. The molecule has 0 aromatic heterocycles. The summed E-state index contributed by atoms with van der Waals surface area (Å²) in [4.78, 5) is 21.9. The minimum Gasteiger partial charge on any atom is -0.440 e. The average Bonchev–Trinajstić information content (AvgIpc) is 2.21. The third-order valence-corrected chi connectivity index (χ3v) is 1.57. The number of hydrogen-bond acceptors (Lipinski definition) is 6. The van der Waals surface area contributed by atoms with Gasteiger partial charge in [-0.25, -0.2) is 0 Å². The van der Waals surface area contributed by atoms with E-state index >= 15 is 0 Å². The number of carbonyl (C=O) groups excluding carboxylic acids is 2. The molecule has 16 heavy (non-hydrogen) atoms. The fourth-order valence-electron chi connectivity index (χ4n) is 0.600. The zero-order valence-electron chi connectivity index (χ0n) is 10.1. The van der Waals surface area contributed by atoms with Gasteiger partial charge in [-0.3, -0.25) is 9.59 Å². The molecule has 92 valence electrons. The summed E-state index contributed by atoms with van der Waals surface area (Å²) >= 11 is 0. The molecule has 0 aliphatic rings. The lowest BCUT2D eigenvalue weighted by Gasteiger charge is -2.04. The molecule has 0 bridgehead atoms. The van der Waals surface area contributed by atoms with Crippen molar-refractivity contribution in [1.29, 1.82) is 0 Å². The van der Waals surface area contributed by atoms with Gasteiger partial charge >= 0.3 is 11.9 Å². The summed E-state index contributed by atoms with van der Waals surface area (Å²) < 4.78 is 9.44. The van der Waals surface area contributed by atoms with Crippen LogP contribution in [0.5, 0.6) is 0 Å². The van der Waals surface area contributed by atoms with Crippen molar-refractivity contribution in [3.8, 4) is 0 Å². The highest BCUT2D eigenvalue weighted by molar-refractivity contribution is 5.71. The molecule has 0 amide bonds. The second-order valence-corrected chi connectivity index (χ2v) is 3.78. The van der Waals surface area contributed by atoms with Gasteiger partial charge in [0.25, 0.3) is 0 Å². The third kappa shape index (κ3) is 6.92. The lowest BCUT2D eigenvalue weighted by Crippen LogP contribution is -2.12. The molecule has 6 heteroatoms. The molecule has 0 unspecified atom stereocenters. The van der Waals surface area contributed by atoms with Gasteiger partial charge < -0.3 is 9.47 Å². The molecule has 0 saturated carbocycles. The van der Waals surface area contributed by atoms with Gasteiger partial charge in [-0.1, -0.05) is 27.7 Å². The number of nitrogens with zero attached hydrogens (tertiary/aromatic N) is 2. The number of carbonyl (C=O) groups is 2. The van der Waals surface area contributed by atoms with Gasteiger partial charge in [0.1, 0.15) is 0 Å². The van der Waals surface area contributed by atoms with Crippen LogP contribution in [0.2, 0.25) is 0 Å². The van der Waals surface area contributed by atoms with Crippen LogP contribution in [0.1, 0.15) is 27.7 Å². The molecule has 0 aliphatic heterocycles. The van der Waals surface area contributed by atoms with E-state index in [0.717, 1.165) is 0 Å². The van der Waals surface area contributed by atoms with E-state index in [1.807, 2.05) is 0 Å². The average molecular weight is 230 g/mol. The first-order chi connectivity index (χ1) is 7.45. The zero-order valence-corrected chi connectivity index (χ0v) is 10.1. The normalized spacial score (nSPS) is 11.1. The van der Waals surface area contributed by atoms with Crippen LogP contribution < -0.4 is 0 Å². The first kappa shape index (κ1) is 14.5. The molecule has 0 aromatic carbocycles. The third-order valence-electron chi connectivity index (χ3n) is 1.57. The Bertz CT molecular complexity index is 236. The van der Waals surface area contributed by atoms with Gasteiger partial charge in [0.15, 0.2) is 0 Å². The van der Waals surface area contributed by atoms with Crippen molar-refractivity contribution >= 4 is 11.9 Å². The van der Waals surface area contributed by atoms with Crippen LogP contribution in [-0.2, 0) is 19.1 Å². The van der Waals surface area contributed by atoms with Gasteiger partial charge in [0, 0.05) is 0 Å². The van der Waals surface area contributed by atoms with Crippen molar-refractivity contribution in [2.45, 2.75) is 27.7 Å². The Balaban J connectivity index is 3.56. The molecule has 0 fully saturated rings. The molecule has 0 rings (SSSR count). The maximum atomic E-state index is 11.0. The van der Waals surface area contributed by atoms with Crippen molar-refractivity contribution in [3.05, 3.63) is 0 Å². The molecule has 6 nitrogen and oxygen atoms in total. The second-order valence-electron chi connectivity index (χ2n) is 3.78. The van der Waals surface area contributed by atoms with Crippen molar-refractivity contribution in [2.24, 2.45) is 22.1 Å². The minimum absolute atomic E-state index is 0.143. The Morgan fingerprint density at radius 2 is 1.19 bits per heavy atom. The fourth-order valence-corrected chi connectivity index (χ4v) is 0.600. The summed E-state index contributed by atoms with van der Waals surface area (Å²) in [7, 11) is 0. The molecule has 0 heterocycles. The summed E-state index contributed by atoms with van der Waals surface area (Å²) in [5.41, 5.74) is 0. The fraction of sp³-hybridized carbons (Fsp3) is 0.800. The Morgan fingerprint density at radius 1 is 0.875 bits per heavy atom. The van der Waals surface area contributed by atoms with Crippen LogP contribution in [0.4, 0.5) is 0 Å². The highest BCUT2D eigenvalue weighted by atomic mass is 16.6. The smallest absolute Gasteiger partial charge is 0.310 e. The van der Waals surface area contributed by atoms with E-state index in [1.54, 1.807) is 27.7 Å². The van der Waals surface area contributed by atoms with E-state index in [2.05, 4.69) is 10.2 Å². The van der Waals surface area contributed by atoms with Gasteiger partial charge in [0.05, 0.1) is 11.8 Å². The second kappa shape index (κ2) is 7.78. The van der Waals surface area contributed by atoms with E-state index in [4.69, 9.17) is 9.47 Å². The molecule has 0 saturated heterocycles. The summed E-state index contributed by atoms with van der Waals surface area (Å²) in [5.74, 6) is -1.04. The molecule has 0 aliphatic carbocycles. The molecule has 0 aromatic rings. The van der Waals surface area contributed by atoms with Crippen LogP contribution >= 0.6 is 0 Å². The van der Waals surface area contributed by atoms with E-state index in [9.17, 15) is 9.59 Å². The highest BCUT2D eigenvalue weighted by Crippen LogP contribution is 1.97. The summed E-state index contributed by atoms with van der Waals surface area (Å²) in [6, 6.07) is 0. The monoisotopic (exact) mass is 230 g/mol. The van der Waals surface area contributed by atoms with Crippen LogP contribution in [0.15, 0.2) is 10.2 Å². The van der Waals surface area contributed by atoms with E-state index in [1.165, 1.54) is 0 Å². The number of hydrogen-bond donors (Lipinski definition) is 0. The van der Waals surface area contributed by atoms with Gasteiger partial charge in [-0.05, 0) is 0 Å². The highest BCUT2D eigenvalue weighted by Gasteiger charge is 2.07. The Hall–Kier alpha value is -1.46. The van der Waals surface area contributed by atoms with Crippen molar-refractivity contribution in [2.75, 3.05) is 13.5 Å². The van der Waals surface area contributed by atoms with Gasteiger partial charge in [-0.2, -0.15) is 0 Å². The summed E-state index contributed by atoms with van der Waals surface area (Å²) in [5, 5.41) is 7.06. The van der Waals surface area contributed by atoms with Crippen molar-refractivity contribution in [3.63, 3.8) is 0 Å². The lowest BCUT2D eigenvalue weighted by molar-refractivity contribution is -0.149. The van der Waals surface area contributed by atoms with Gasteiger partial charge in [-0.15, -0.1) is 10.2 Å². The summed E-state index contributed by atoms with van der Waals surface area (Å²) in [6.45, 7) is 6.62. The van der Waals surface area contributed by atoms with Crippen LogP contribution in [0.3, 0.4) is 0 Å². The van der Waals surface area contributed by atoms with Crippen molar-refractivity contribution in [1.82, 2.24) is 0 Å². The predicted octanol–water partition coefficient (Wildman–Crippen LogP) is 1.75.